The molecule has 4 nitrogen and oxygen atoms in total. The van der Waals surface area contributed by atoms with Crippen LogP contribution >= 0.6 is 15.9 Å². The van der Waals surface area contributed by atoms with E-state index in [0.29, 0.717) is 12.2 Å². The molecule has 1 fully saturated rings. The Bertz CT molecular complexity index is 438. The van der Waals surface area contributed by atoms with Gasteiger partial charge in [-0.05, 0) is 50.9 Å². The van der Waals surface area contributed by atoms with Crippen molar-refractivity contribution < 1.29 is 4.79 Å². The average Bonchev–Trinajstić information content (AvgIpc) is 2.75. The summed E-state index contributed by atoms with van der Waals surface area (Å²) >= 11 is 3.36. The van der Waals surface area contributed by atoms with Crippen LogP contribution in [0.1, 0.15) is 25.7 Å². The van der Waals surface area contributed by atoms with Crippen LogP contribution in [0.25, 0.3) is 0 Å². The van der Waals surface area contributed by atoms with E-state index >= 15 is 0 Å². The highest BCUT2D eigenvalue weighted by atomic mass is 79.9. The zero-order valence-corrected chi connectivity index (χ0v) is 12.8. The Morgan fingerprint density at radius 2 is 2.47 bits per heavy atom. The number of rotatable bonds is 5. The summed E-state index contributed by atoms with van der Waals surface area (Å²) in [7, 11) is 2.16. The third-order valence-electron chi connectivity index (χ3n) is 3.49. The minimum atomic E-state index is 0.0527. The molecule has 2 heterocycles. The summed E-state index contributed by atoms with van der Waals surface area (Å²) in [4.78, 5) is 18.2. The normalized spacial score (nSPS) is 19.6. The van der Waals surface area contributed by atoms with Gasteiger partial charge in [-0.2, -0.15) is 0 Å². The second-order valence-electron chi connectivity index (χ2n) is 5.22. The van der Waals surface area contributed by atoms with Gasteiger partial charge in [-0.25, -0.2) is 4.98 Å². The van der Waals surface area contributed by atoms with Crippen molar-refractivity contribution in [1.82, 2.24) is 9.88 Å². The topological polar surface area (TPSA) is 45.2 Å². The van der Waals surface area contributed by atoms with Crippen LogP contribution in [0.2, 0.25) is 0 Å². The number of carbonyl (C=O) groups is 1. The van der Waals surface area contributed by atoms with Gasteiger partial charge in [0.1, 0.15) is 5.82 Å². The van der Waals surface area contributed by atoms with Gasteiger partial charge in [0.15, 0.2) is 0 Å². The number of hydrogen-bond donors (Lipinski definition) is 1. The van der Waals surface area contributed by atoms with Gasteiger partial charge in [-0.15, -0.1) is 0 Å². The molecule has 5 heteroatoms. The van der Waals surface area contributed by atoms with Crippen molar-refractivity contribution in [3.8, 4) is 0 Å². The van der Waals surface area contributed by atoms with E-state index < -0.39 is 0 Å². The lowest BCUT2D eigenvalue weighted by molar-refractivity contribution is -0.116. The van der Waals surface area contributed by atoms with E-state index in [-0.39, 0.29) is 5.91 Å². The third kappa shape index (κ3) is 4.91. The maximum absolute atomic E-state index is 11.8. The lowest BCUT2D eigenvalue weighted by atomic mass is 10.0. The summed E-state index contributed by atoms with van der Waals surface area (Å²) in [6, 6.07) is 3.65. The molecule has 1 aliphatic rings. The van der Waals surface area contributed by atoms with Crippen molar-refractivity contribution in [2.75, 3.05) is 25.5 Å². The van der Waals surface area contributed by atoms with Crippen molar-refractivity contribution in [3.63, 3.8) is 0 Å². The number of nitrogens with zero attached hydrogens (tertiary/aromatic N) is 2. The lowest BCUT2D eigenvalue weighted by Crippen LogP contribution is -2.15. The fourth-order valence-electron chi connectivity index (χ4n) is 2.49. The molecule has 1 unspecified atom stereocenters. The van der Waals surface area contributed by atoms with Crippen molar-refractivity contribution in [3.05, 3.63) is 22.8 Å². The zero-order valence-electron chi connectivity index (χ0n) is 11.2. The van der Waals surface area contributed by atoms with Crippen LogP contribution in [0.4, 0.5) is 5.82 Å². The number of pyridine rings is 1. The number of anilines is 1. The standard InChI is InChI=1S/C14H20BrN3O/c1-18-8-6-11(10-18)3-2-4-14(19)17-13-9-12(15)5-7-16-13/h5,7,9,11H,2-4,6,8,10H2,1H3,(H,16,17,19). The summed E-state index contributed by atoms with van der Waals surface area (Å²) in [6.45, 7) is 2.37. The number of aromatic nitrogens is 1. The average molecular weight is 326 g/mol. The van der Waals surface area contributed by atoms with Crippen molar-refractivity contribution >= 4 is 27.7 Å². The highest BCUT2D eigenvalue weighted by Gasteiger charge is 2.19. The molecule has 1 aliphatic heterocycles. The molecule has 2 rings (SSSR count). The molecule has 0 radical (unpaired) electrons. The Kier molecular flexibility index (Phi) is 5.34. The first kappa shape index (κ1) is 14.5. The molecule has 0 aromatic carbocycles. The molecular formula is C14H20BrN3O. The van der Waals surface area contributed by atoms with Crippen molar-refractivity contribution in [2.24, 2.45) is 5.92 Å². The van der Waals surface area contributed by atoms with E-state index in [1.807, 2.05) is 12.1 Å². The first-order chi connectivity index (χ1) is 9.13. The number of nitrogens with one attached hydrogen (secondary N) is 1. The zero-order chi connectivity index (χ0) is 13.7. The molecule has 0 saturated carbocycles. The van der Waals surface area contributed by atoms with Crippen LogP contribution in [-0.4, -0.2) is 35.9 Å². The number of hydrogen-bond acceptors (Lipinski definition) is 3. The van der Waals surface area contributed by atoms with Crippen LogP contribution in [0.5, 0.6) is 0 Å². The molecule has 1 aromatic rings. The summed E-state index contributed by atoms with van der Waals surface area (Å²) < 4.78 is 0.923. The first-order valence-electron chi connectivity index (χ1n) is 6.73. The molecule has 1 atom stereocenters. The second kappa shape index (κ2) is 7.01. The van der Waals surface area contributed by atoms with Crippen LogP contribution in [0.3, 0.4) is 0 Å². The lowest BCUT2D eigenvalue weighted by Gasteiger charge is -2.10. The minimum absolute atomic E-state index is 0.0527. The molecule has 0 bridgehead atoms. The number of halogens is 1. The fraction of sp³-hybridized carbons (Fsp3) is 0.571. The summed E-state index contributed by atoms with van der Waals surface area (Å²) in [5.41, 5.74) is 0. The first-order valence-corrected chi connectivity index (χ1v) is 7.53. The molecule has 0 spiro atoms. The smallest absolute Gasteiger partial charge is 0.225 e. The van der Waals surface area contributed by atoms with Crippen molar-refractivity contribution in [2.45, 2.75) is 25.7 Å². The van der Waals surface area contributed by atoms with E-state index in [1.54, 1.807) is 6.20 Å². The highest BCUT2D eigenvalue weighted by Crippen LogP contribution is 2.20. The largest absolute Gasteiger partial charge is 0.311 e. The predicted molar refractivity (Wildman–Crippen MR) is 80.0 cm³/mol. The SMILES string of the molecule is CN1CCC(CCCC(=O)Nc2cc(Br)ccn2)C1. The maximum atomic E-state index is 11.8. The molecule has 1 saturated heterocycles. The van der Waals surface area contributed by atoms with E-state index in [9.17, 15) is 4.79 Å². The minimum Gasteiger partial charge on any atom is -0.311 e. The Morgan fingerprint density at radius 1 is 1.63 bits per heavy atom. The molecule has 19 heavy (non-hydrogen) atoms. The van der Waals surface area contributed by atoms with Crippen LogP contribution in [-0.2, 0) is 4.79 Å². The van der Waals surface area contributed by atoms with Crippen LogP contribution < -0.4 is 5.32 Å². The summed E-state index contributed by atoms with van der Waals surface area (Å²) in [5, 5.41) is 2.83. The summed E-state index contributed by atoms with van der Waals surface area (Å²) in [6.07, 6.45) is 5.62. The molecule has 0 aliphatic carbocycles. The molecular weight excluding hydrogens is 306 g/mol. The van der Waals surface area contributed by atoms with Gasteiger partial charge in [0.2, 0.25) is 5.91 Å². The van der Waals surface area contributed by atoms with Gasteiger partial charge in [0, 0.05) is 23.6 Å². The van der Waals surface area contributed by atoms with Gasteiger partial charge in [-0.3, -0.25) is 4.79 Å². The molecule has 1 aromatic heterocycles. The van der Waals surface area contributed by atoms with E-state index in [2.05, 4.69) is 38.2 Å². The van der Waals surface area contributed by atoms with Crippen LogP contribution in [0.15, 0.2) is 22.8 Å². The third-order valence-corrected chi connectivity index (χ3v) is 3.99. The highest BCUT2D eigenvalue weighted by molar-refractivity contribution is 9.10. The van der Waals surface area contributed by atoms with Gasteiger partial charge < -0.3 is 10.2 Å². The van der Waals surface area contributed by atoms with Gasteiger partial charge in [0.05, 0.1) is 0 Å². The Morgan fingerprint density at radius 3 is 3.16 bits per heavy atom. The van der Waals surface area contributed by atoms with E-state index in [1.165, 1.54) is 19.5 Å². The quantitative estimate of drug-likeness (QED) is 0.905. The van der Waals surface area contributed by atoms with Gasteiger partial charge in [-0.1, -0.05) is 15.9 Å². The Hall–Kier alpha value is -0.940. The monoisotopic (exact) mass is 325 g/mol. The summed E-state index contributed by atoms with van der Waals surface area (Å²) in [5.74, 6) is 1.43. The molecule has 1 N–H and O–H groups in total. The number of carbonyl (C=O) groups excluding carboxylic acids is 1. The number of amides is 1. The predicted octanol–water partition coefficient (Wildman–Crippen LogP) is 2.90. The molecule has 1 amide bonds. The Labute approximate surface area is 122 Å². The Balaban J connectivity index is 1.67. The van der Waals surface area contributed by atoms with Gasteiger partial charge >= 0.3 is 0 Å². The van der Waals surface area contributed by atoms with E-state index in [0.717, 1.165) is 23.2 Å². The van der Waals surface area contributed by atoms with Crippen LogP contribution in [0, 0.1) is 5.92 Å². The molecule has 104 valence electrons. The maximum Gasteiger partial charge on any atom is 0.225 e. The fourth-order valence-corrected chi connectivity index (χ4v) is 2.83. The van der Waals surface area contributed by atoms with Gasteiger partial charge in [0.25, 0.3) is 0 Å². The van der Waals surface area contributed by atoms with Crippen molar-refractivity contribution in [1.29, 1.82) is 0 Å². The number of likely N-dealkylation sites (tertiary alicyclic amines) is 1. The second-order valence-corrected chi connectivity index (χ2v) is 6.13. The van der Waals surface area contributed by atoms with E-state index in [4.69, 9.17) is 0 Å².